The van der Waals surface area contributed by atoms with Crippen LogP contribution in [0, 0.1) is 13.8 Å². The average Bonchev–Trinajstić information content (AvgIpc) is 2.41. The van der Waals surface area contributed by atoms with Gasteiger partial charge in [-0.15, -0.1) is 0 Å². The molecule has 0 aliphatic carbocycles. The van der Waals surface area contributed by atoms with Crippen molar-refractivity contribution >= 4 is 5.97 Å². The van der Waals surface area contributed by atoms with Crippen LogP contribution in [0.3, 0.4) is 0 Å². The predicted molar refractivity (Wildman–Crippen MR) is 73.0 cm³/mol. The summed E-state index contributed by atoms with van der Waals surface area (Å²) < 4.78 is 0. The van der Waals surface area contributed by atoms with Crippen LogP contribution >= 0.6 is 0 Å². The van der Waals surface area contributed by atoms with Crippen molar-refractivity contribution in [2.24, 2.45) is 0 Å². The van der Waals surface area contributed by atoms with Gasteiger partial charge in [0, 0.05) is 11.8 Å². The van der Waals surface area contributed by atoms with Crippen molar-refractivity contribution in [2.45, 2.75) is 26.7 Å². The molecule has 1 heterocycles. The number of hydrogen-bond donors (Lipinski definition) is 1. The second kappa shape index (κ2) is 5.18. The molecule has 0 aliphatic rings. The lowest BCUT2D eigenvalue weighted by molar-refractivity contribution is -0.138. The zero-order valence-corrected chi connectivity index (χ0v) is 11.2. The van der Waals surface area contributed by atoms with E-state index in [4.69, 9.17) is 5.11 Å². The standard InChI is InChI=1S/C15H16N2O2/c1-9-4-5-12(8-10(9)2)13-6-7-16-14(17-13)11(3)15(18)19/h4-8,11H,1-3H3,(H,18,19). The normalized spacial score (nSPS) is 12.2. The third kappa shape index (κ3) is 2.78. The van der Waals surface area contributed by atoms with Crippen LogP contribution in [0.2, 0.25) is 0 Å². The molecule has 19 heavy (non-hydrogen) atoms. The van der Waals surface area contributed by atoms with Gasteiger partial charge in [-0.2, -0.15) is 0 Å². The Kier molecular flexibility index (Phi) is 3.60. The lowest BCUT2D eigenvalue weighted by atomic mass is 10.0. The monoisotopic (exact) mass is 256 g/mol. The van der Waals surface area contributed by atoms with E-state index in [1.165, 1.54) is 11.1 Å². The minimum atomic E-state index is -0.919. The van der Waals surface area contributed by atoms with Crippen molar-refractivity contribution in [1.29, 1.82) is 0 Å². The molecule has 4 nitrogen and oxygen atoms in total. The van der Waals surface area contributed by atoms with Crippen molar-refractivity contribution < 1.29 is 9.90 Å². The van der Waals surface area contributed by atoms with Crippen LogP contribution < -0.4 is 0 Å². The van der Waals surface area contributed by atoms with Crippen LogP contribution in [0.25, 0.3) is 11.3 Å². The number of carbonyl (C=O) groups is 1. The summed E-state index contributed by atoms with van der Waals surface area (Å²) >= 11 is 0. The molecular formula is C15H16N2O2. The first kappa shape index (κ1) is 13.2. The smallest absolute Gasteiger partial charge is 0.313 e. The van der Waals surface area contributed by atoms with Gasteiger partial charge < -0.3 is 5.11 Å². The van der Waals surface area contributed by atoms with Crippen molar-refractivity contribution in [1.82, 2.24) is 9.97 Å². The van der Waals surface area contributed by atoms with Crippen molar-refractivity contribution in [3.05, 3.63) is 47.4 Å². The molecule has 2 rings (SSSR count). The Bertz CT molecular complexity index is 623. The van der Waals surface area contributed by atoms with Gasteiger partial charge in [0.2, 0.25) is 0 Å². The van der Waals surface area contributed by atoms with Gasteiger partial charge >= 0.3 is 5.97 Å². The van der Waals surface area contributed by atoms with Gasteiger partial charge in [0.1, 0.15) is 11.7 Å². The molecule has 1 aromatic carbocycles. The number of aliphatic carboxylic acids is 1. The number of carboxylic acids is 1. The molecule has 0 aliphatic heterocycles. The largest absolute Gasteiger partial charge is 0.481 e. The lowest BCUT2D eigenvalue weighted by Crippen LogP contribution is -2.11. The summed E-state index contributed by atoms with van der Waals surface area (Å²) in [4.78, 5) is 19.3. The highest BCUT2D eigenvalue weighted by Crippen LogP contribution is 2.21. The van der Waals surface area contributed by atoms with Crippen LogP contribution in [-0.2, 0) is 4.79 Å². The molecule has 0 radical (unpaired) electrons. The number of carboxylic acid groups (broad SMARTS) is 1. The minimum absolute atomic E-state index is 0.336. The summed E-state index contributed by atoms with van der Waals surface area (Å²) in [5.74, 6) is -1.29. The third-order valence-electron chi connectivity index (χ3n) is 3.23. The Morgan fingerprint density at radius 2 is 1.95 bits per heavy atom. The molecule has 0 saturated carbocycles. The molecule has 4 heteroatoms. The molecule has 1 unspecified atom stereocenters. The summed E-state index contributed by atoms with van der Waals surface area (Å²) in [6.45, 7) is 5.68. The number of benzene rings is 1. The fourth-order valence-electron chi connectivity index (χ4n) is 1.75. The molecule has 0 bridgehead atoms. The highest BCUT2D eigenvalue weighted by Gasteiger charge is 2.17. The second-order valence-electron chi connectivity index (χ2n) is 4.66. The quantitative estimate of drug-likeness (QED) is 0.917. The highest BCUT2D eigenvalue weighted by atomic mass is 16.4. The molecule has 0 saturated heterocycles. The van der Waals surface area contributed by atoms with Crippen molar-refractivity contribution in [2.75, 3.05) is 0 Å². The van der Waals surface area contributed by atoms with Gasteiger partial charge in [-0.3, -0.25) is 4.79 Å². The molecular weight excluding hydrogens is 240 g/mol. The average molecular weight is 256 g/mol. The van der Waals surface area contributed by atoms with Crippen LogP contribution in [-0.4, -0.2) is 21.0 Å². The number of rotatable bonds is 3. The van der Waals surface area contributed by atoms with E-state index in [2.05, 4.69) is 16.9 Å². The Hall–Kier alpha value is -2.23. The van der Waals surface area contributed by atoms with Crippen molar-refractivity contribution in [3.63, 3.8) is 0 Å². The van der Waals surface area contributed by atoms with Gasteiger partial charge in [0.25, 0.3) is 0 Å². The van der Waals surface area contributed by atoms with Crippen LogP contribution in [0.15, 0.2) is 30.5 Å². The zero-order chi connectivity index (χ0) is 14.0. The maximum absolute atomic E-state index is 11.0. The topological polar surface area (TPSA) is 63.1 Å². The fraction of sp³-hybridized carbons (Fsp3) is 0.267. The van der Waals surface area contributed by atoms with Gasteiger partial charge in [-0.05, 0) is 44.0 Å². The maximum Gasteiger partial charge on any atom is 0.313 e. The zero-order valence-electron chi connectivity index (χ0n) is 11.2. The molecule has 0 amide bonds. The third-order valence-corrected chi connectivity index (χ3v) is 3.23. The summed E-state index contributed by atoms with van der Waals surface area (Å²) in [6, 6.07) is 7.86. The predicted octanol–water partition coefficient (Wildman–Crippen LogP) is 2.95. The molecule has 1 N–H and O–H groups in total. The second-order valence-corrected chi connectivity index (χ2v) is 4.66. The summed E-state index contributed by atoms with van der Waals surface area (Å²) in [7, 11) is 0. The van der Waals surface area contributed by atoms with Crippen molar-refractivity contribution in [3.8, 4) is 11.3 Å². The molecule has 0 spiro atoms. The number of aryl methyl sites for hydroxylation is 2. The highest BCUT2D eigenvalue weighted by molar-refractivity contribution is 5.74. The first-order valence-electron chi connectivity index (χ1n) is 6.12. The summed E-state index contributed by atoms with van der Waals surface area (Å²) in [5, 5.41) is 9.00. The number of hydrogen-bond acceptors (Lipinski definition) is 3. The Morgan fingerprint density at radius 1 is 1.21 bits per heavy atom. The fourth-order valence-corrected chi connectivity index (χ4v) is 1.75. The molecule has 98 valence electrons. The first-order valence-corrected chi connectivity index (χ1v) is 6.12. The van der Waals surface area contributed by atoms with E-state index in [1.54, 1.807) is 19.2 Å². The lowest BCUT2D eigenvalue weighted by Gasteiger charge is -2.08. The van der Waals surface area contributed by atoms with E-state index >= 15 is 0 Å². The summed E-state index contributed by atoms with van der Waals surface area (Å²) in [6.07, 6.45) is 1.60. The van der Waals surface area contributed by atoms with Crippen LogP contribution in [0.4, 0.5) is 0 Å². The van der Waals surface area contributed by atoms with Gasteiger partial charge in [0.15, 0.2) is 0 Å². The molecule has 1 atom stereocenters. The van der Waals surface area contributed by atoms with Gasteiger partial charge in [-0.1, -0.05) is 12.1 Å². The van der Waals surface area contributed by atoms with E-state index in [0.717, 1.165) is 11.3 Å². The maximum atomic E-state index is 11.0. The molecule has 1 aromatic heterocycles. The van der Waals surface area contributed by atoms with Gasteiger partial charge in [-0.25, -0.2) is 9.97 Å². The SMILES string of the molecule is Cc1ccc(-c2ccnc(C(C)C(=O)O)n2)cc1C. The minimum Gasteiger partial charge on any atom is -0.481 e. The van der Waals surface area contributed by atoms with Crippen LogP contribution in [0.1, 0.15) is 29.8 Å². The van der Waals surface area contributed by atoms with E-state index in [0.29, 0.717) is 5.82 Å². The summed E-state index contributed by atoms with van der Waals surface area (Å²) in [5.41, 5.74) is 4.13. The first-order chi connectivity index (χ1) is 8.99. The van der Waals surface area contributed by atoms with E-state index in [1.807, 2.05) is 25.1 Å². The van der Waals surface area contributed by atoms with Crippen LogP contribution in [0.5, 0.6) is 0 Å². The van der Waals surface area contributed by atoms with Gasteiger partial charge in [0.05, 0.1) is 5.69 Å². The Morgan fingerprint density at radius 3 is 2.58 bits per heavy atom. The Labute approximate surface area is 112 Å². The number of aromatic nitrogens is 2. The number of nitrogens with zero attached hydrogens (tertiary/aromatic N) is 2. The van der Waals surface area contributed by atoms with E-state index < -0.39 is 11.9 Å². The van der Waals surface area contributed by atoms with E-state index in [9.17, 15) is 4.79 Å². The molecule has 0 fully saturated rings. The molecule has 2 aromatic rings. The van der Waals surface area contributed by atoms with E-state index in [-0.39, 0.29) is 0 Å². The Balaban J connectivity index is 2.43.